The van der Waals surface area contributed by atoms with Gasteiger partial charge in [0, 0.05) is 18.5 Å². The van der Waals surface area contributed by atoms with Gasteiger partial charge in [0.05, 0.1) is 22.6 Å². The highest BCUT2D eigenvalue weighted by Gasteiger charge is 2.19. The standard InChI is InChI=1S/C13H9ClN4O3/c14-7-3-9-11(21-6-12(19)17-9)4-8(7)18-13(20)10-5-15-1-2-16-10/h1-5H,6H2,(H,17,19)(H,18,20). The molecule has 0 spiro atoms. The Labute approximate surface area is 124 Å². The maximum absolute atomic E-state index is 12.0. The van der Waals surface area contributed by atoms with Crippen molar-refractivity contribution in [1.82, 2.24) is 9.97 Å². The average molecular weight is 305 g/mol. The first-order valence-electron chi connectivity index (χ1n) is 5.97. The lowest BCUT2D eigenvalue weighted by molar-refractivity contribution is -0.118. The molecule has 1 aliphatic heterocycles. The van der Waals surface area contributed by atoms with E-state index in [0.717, 1.165) is 0 Å². The summed E-state index contributed by atoms with van der Waals surface area (Å²) in [4.78, 5) is 30.9. The number of carbonyl (C=O) groups is 2. The Hall–Kier alpha value is -2.67. The van der Waals surface area contributed by atoms with Crippen molar-refractivity contribution in [1.29, 1.82) is 0 Å². The number of benzene rings is 1. The Morgan fingerprint density at radius 3 is 3.00 bits per heavy atom. The number of hydrogen-bond acceptors (Lipinski definition) is 5. The molecule has 0 aliphatic carbocycles. The number of fused-ring (bicyclic) bond motifs is 1. The van der Waals surface area contributed by atoms with Crippen LogP contribution >= 0.6 is 11.6 Å². The van der Waals surface area contributed by atoms with E-state index < -0.39 is 5.91 Å². The largest absolute Gasteiger partial charge is 0.482 e. The molecule has 1 aromatic heterocycles. The first kappa shape index (κ1) is 13.3. The van der Waals surface area contributed by atoms with Crippen LogP contribution in [0.25, 0.3) is 0 Å². The van der Waals surface area contributed by atoms with E-state index in [-0.39, 0.29) is 23.2 Å². The normalized spacial score (nSPS) is 12.9. The molecule has 2 amide bonds. The highest BCUT2D eigenvalue weighted by molar-refractivity contribution is 6.34. The van der Waals surface area contributed by atoms with Crippen molar-refractivity contribution in [3.8, 4) is 5.75 Å². The van der Waals surface area contributed by atoms with E-state index in [1.165, 1.54) is 24.7 Å². The second kappa shape index (κ2) is 5.37. The Balaban J connectivity index is 1.86. The first-order valence-corrected chi connectivity index (χ1v) is 6.35. The lowest BCUT2D eigenvalue weighted by Gasteiger charge is -2.19. The van der Waals surface area contributed by atoms with Crippen molar-refractivity contribution in [2.24, 2.45) is 0 Å². The molecule has 0 saturated carbocycles. The summed E-state index contributed by atoms with van der Waals surface area (Å²) in [5.41, 5.74) is 0.997. The van der Waals surface area contributed by atoms with Gasteiger partial charge in [-0.3, -0.25) is 14.6 Å². The van der Waals surface area contributed by atoms with Crippen LogP contribution in [0.1, 0.15) is 10.5 Å². The molecule has 0 atom stereocenters. The van der Waals surface area contributed by atoms with Gasteiger partial charge in [-0.05, 0) is 6.07 Å². The van der Waals surface area contributed by atoms with Crippen LogP contribution in [-0.4, -0.2) is 28.4 Å². The fraction of sp³-hybridized carbons (Fsp3) is 0.0769. The first-order chi connectivity index (χ1) is 10.1. The van der Waals surface area contributed by atoms with Crippen LogP contribution in [0, 0.1) is 0 Å². The van der Waals surface area contributed by atoms with Gasteiger partial charge in [-0.1, -0.05) is 11.6 Å². The highest BCUT2D eigenvalue weighted by Crippen LogP contribution is 2.36. The summed E-state index contributed by atoms with van der Waals surface area (Å²) in [6, 6.07) is 3.06. The van der Waals surface area contributed by atoms with E-state index in [2.05, 4.69) is 20.6 Å². The molecule has 1 aliphatic rings. The Morgan fingerprint density at radius 2 is 2.24 bits per heavy atom. The minimum Gasteiger partial charge on any atom is -0.482 e. The summed E-state index contributed by atoms with van der Waals surface area (Å²) in [5.74, 6) is -0.256. The van der Waals surface area contributed by atoms with Gasteiger partial charge in [0.15, 0.2) is 6.61 Å². The third kappa shape index (κ3) is 2.77. The number of nitrogens with one attached hydrogen (secondary N) is 2. The molecule has 0 saturated heterocycles. The molecule has 0 fully saturated rings. The summed E-state index contributed by atoms with van der Waals surface area (Å²) in [6.45, 7) is -0.0772. The van der Waals surface area contributed by atoms with Gasteiger partial charge in [0.1, 0.15) is 11.4 Å². The second-order valence-corrected chi connectivity index (χ2v) is 4.62. The number of anilines is 2. The smallest absolute Gasteiger partial charge is 0.275 e. The zero-order valence-corrected chi connectivity index (χ0v) is 11.3. The molecule has 7 nitrogen and oxygen atoms in total. The van der Waals surface area contributed by atoms with Gasteiger partial charge >= 0.3 is 0 Å². The number of amides is 2. The van der Waals surface area contributed by atoms with Gasteiger partial charge in [-0.15, -0.1) is 0 Å². The summed E-state index contributed by atoms with van der Waals surface area (Å²) < 4.78 is 5.27. The molecule has 21 heavy (non-hydrogen) atoms. The van der Waals surface area contributed by atoms with Crippen molar-refractivity contribution in [3.05, 3.63) is 41.4 Å². The lowest BCUT2D eigenvalue weighted by Crippen LogP contribution is -2.25. The zero-order chi connectivity index (χ0) is 14.8. The minimum atomic E-state index is -0.440. The summed E-state index contributed by atoms with van der Waals surface area (Å²) in [7, 11) is 0. The quantitative estimate of drug-likeness (QED) is 0.881. The predicted molar refractivity (Wildman–Crippen MR) is 75.6 cm³/mol. The predicted octanol–water partition coefficient (Wildman–Crippen LogP) is 1.71. The van der Waals surface area contributed by atoms with Gasteiger partial charge < -0.3 is 15.4 Å². The maximum atomic E-state index is 12.0. The van der Waals surface area contributed by atoms with Crippen LogP contribution in [0.5, 0.6) is 5.75 Å². The van der Waals surface area contributed by atoms with Crippen LogP contribution in [0.4, 0.5) is 11.4 Å². The molecule has 8 heteroatoms. The van der Waals surface area contributed by atoms with Crippen LogP contribution in [0.3, 0.4) is 0 Å². The highest BCUT2D eigenvalue weighted by atomic mass is 35.5. The molecule has 3 rings (SSSR count). The van der Waals surface area contributed by atoms with E-state index in [4.69, 9.17) is 16.3 Å². The summed E-state index contributed by atoms with van der Waals surface area (Å²) in [5, 5.41) is 5.53. The number of ether oxygens (including phenoxy) is 1. The van der Waals surface area contributed by atoms with Gasteiger partial charge in [-0.2, -0.15) is 0 Å². The van der Waals surface area contributed by atoms with Crippen molar-refractivity contribution >= 4 is 34.8 Å². The number of aromatic nitrogens is 2. The molecule has 0 bridgehead atoms. The number of nitrogens with zero attached hydrogens (tertiary/aromatic N) is 2. The van der Waals surface area contributed by atoms with Crippen molar-refractivity contribution in [2.45, 2.75) is 0 Å². The number of halogens is 1. The summed E-state index contributed by atoms with van der Waals surface area (Å²) in [6.07, 6.45) is 4.24. The molecule has 0 radical (unpaired) electrons. The van der Waals surface area contributed by atoms with E-state index in [1.54, 1.807) is 6.07 Å². The summed E-state index contributed by atoms with van der Waals surface area (Å²) >= 11 is 6.08. The van der Waals surface area contributed by atoms with Gasteiger partial charge in [0.2, 0.25) is 0 Å². The maximum Gasteiger partial charge on any atom is 0.275 e. The lowest BCUT2D eigenvalue weighted by atomic mass is 10.2. The Morgan fingerprint density at radius 1 is 1.38 bits per heavy atom. The van der Waals surface area contributed by atoms with Crippen molar-refractivity contribution in [3.63, 3.8) is 0 Å². The number of hydrogen-bond donors (Lipinski definition) is 2. The molecule has 2 N–H and O–H groups in total. The monoisotopic (exact) mass is 304 g/mol. The van der Waals surface area contributed by atoms with Crippen molar-refractivity contribution < 1.29 is 14.3 Å². The zero-order valence-electron chi connectivity index (χ0n) is 10.6. The fourth-order valence-corrected chi connectivity index (χ4v) is 2.01. The number of carbonyl (C=O) groups excluding carboxylic acids is 2. The Bertz CT molecular complexity index is 721. The number of rotatable bonds is 2. The molecule has 2 aromatic rings. The van der Waals surface area contributed by atoms with E-state index in [1.807, 2.05) is 0 Å². The Kier molecular flexibility index (Phi) is 3.41. The molecular formula is C13H9ClN4O3. The third-order valence-electron chi connectivity index (χ3n) is 2.75. The SMILES string of the molecule is O=C1COc2cc(NC(=O)c3cnccn3)c(Cl)cc2N1. The minimum absolute atomic E-state index is 0.0772. The topological polar surface area (TPSA) is 93.2 Å². The van der Waals surface area contributed by atoms with E-state index >= 15 is 0 Å². The fourth-order valence-electron chi connectivity index (χ4n) is 1.80. The van der Waals surface area contributed by atoms with Crippen LogP contribution < -0.4 is 15.4 Å². The molecule has 106 valence electrons. The molecule has 2 heterocycles. The van der Waals surface area contributed by atoms with Gasteiger partial charge in [0.25, 0.3) is 11.8 Å². The van der Waals surface area contributed by atoms with E-state index in [9.17, 15) is 9.59 Å². The van der Waals surface area contributed by atoms with Crippen LogP contribution in [0.2, 0.25) is 5.02 Å². The van der Waals surface area contributed by atoms with Crippen LogP contribution in [-0.2, 0) is 4.79 Å². The van der Waals surface area contributed by atoms with Crippen LogP contribution in [0.15, 0.2) is 30.7 Å². The second-order valence-electron chi connectivity index (χ2n) is 4.21. The van der Waals surface area contributed by atoms with Crippen molar-refractivity contribution in [2.75, 3.05) is 17.2 Å². The third-order valence-corrected chi connectivity index (χ3v) is 3.06. The molecular weight excluding hydrogens is 296 g/mol. The molecule has 0 unspecified atom stereocenters. The molecule has 1 aromatic carbocycles. The van der Waals surface area contributed by atoms with Gasteiger partial charge in [-0.25, -0.2) is 4.98 Å². The van der Waals surface area contributed by atoms with E-state index in [0.29, 0.717) is 17.1 Å². The average Bonchev–Trinajstić information content (AvgIpc) is 2.49.